The molecule has 0 saturated heterocycles. The summed E-state index contributed by atoms with van der Waals surface area (Å²) in [5.74, 6) is 0. The first-order valence-electron chi connectivity index (χ1n) is 15.9. The molecule has 0 unspecified atom stereocenters. The molecule has 0 saturated carbocycles. The molecule has 8 aromatic carbocycles. The van der Waals surface area contributed by atoms with Crippen molar-refractivity contribution in [2.75, 3.05) is 0 Å². The van der Waals surface area contributed by atoms with E-state index in [0.717, 1.165) is 0 Å². The highest BCUT2D eigenvalue weighted by Crippen LogP contribution is 2.53. The Morgan fingerprint density at radius 3 is 1.58 bits per heavy atom. The Hall–Kier alpha value is -5.46. The summed E-state index contributed by atoms with van der Waals surface area (Å²) in [7, 11) is 0. The van der Waals surface area contributed by atoms with Gasteiger partial charge in [0.05, 0.1) is 0 Å². The molecule has 45 heavy (non-hydrogen) atoms. The fraction of sp³-hybridized carbons (Fsp3) is 0.0667. The molecular formula is C45H32. The van der Waals surface area contributed by atoms with Crippen molar-refractivity contribution >= 4 is 32.3 Å². The summed E-state index contributed by atoms with van der Waals surface area (Å²) in [6.07, 6.45) is 0. The number of hydrogen-bond acceptors (Lipinski definition) is 0. The summed E-state index contributed by atoms with van der Waals surface area (Å²) < 4.78 is 0. The standard InChI is InChI=1S/C45H32/c1-45(2)40-27-25-30-16-6-7-18-33(30)44(40)39-26-24-31(28-41(39)45)42-35-20-10-12-22-37(35)43(38-23-13-11-21-36(38)42)34-19-9-8-17-32(34)29-14-4-3-5-15-29/h3-28H,1-2H3. The van der Waals surface area contributed by atoms with Gasteiger partial charge in [-0.05, 0) is 94.0 Å². The van der Waals surface area contributed by atoms with Crippen molar-refractivity contribution in [1.82, 2.24) is 0 Å². The zero-order valence-electron chi connectivity index (χ0n) is 25.5. The molecule has 9 rings (SSSR count). The zero-order valence-corrected chi connectivity index (χ0v) is 25.5. The number of fused-ring (bicyclic) bond motifs is 7. The van der Waals surface area contributed by atoms with Crippen LogP contribution in [-0.2, 0) is 5.41 Å². The van der Waals surface area contributed by atoms with Crippen LogP contribution in [0.25, 0.3) is 76.8 Å². The van der Waals surface area contributed by atoms with E-state index in [1.807, 2.05) is 0 Å². The van der Waals surface area contributed by atoms with E-state index in [2.05, 4.69) is 172 Å². The van der Waals surface area contributed by atoms with Crippen molar-refractivity contribution in [3.63, 3.8) is 0 Å². The van der Waals surface area contributed by atoms with Gasteiger partial charge < -0.3 is 0 Å². The van der Waals surface area contributed by atoms with E-state index in [1.165, 1.54) is 88.0 Å². The van der Waals surface area contributed by atoms with E-state index < -0.39 is 0 Å². The lowest BCUT2D eigenvalue weighted by atomic mass is 9.80. The third-order valence-electron chi connectivity index (χ3n) is 10.1. The first-order valence-corrected chi connectivity index (χ1v) is 15.9. The molecule has 0 amide bonds. The monoisotopic (exact) mass is 572 g/mol. The average molecular weight is 573 g/mol. The highest BCUT2D eigenvalue weighted by Gasteiger charge is 2.36. The van der Waals surface area contributed by atoms with E-state index >= 15 is 0 Å². The lowest BCUT2D eigenvalue weighted by molar-refractivity contribution is 0.661. The predicted octanol–water partition coefficient (Wildman–Crippen LogP) is 12.5. The second kappa shape index (κ2) is 9.78. The van der Waals surface area contributed by atoms with Crippen molar-refractivity contribution in [3.05, 3.63) is 169 Å². The largest absolute Gasteiger partial charge is 0.0622 e. The third kappa shape index (κ3) is 3.79. The topological polar surface area (TPSA) is 0 Å². The maximum absolute atomic E-state index is 2.48. The summed E-state index contributed by atoms with van der Waals surface area (Å²) in [4.78, 5) is 0. The SMILES string of the molecule is CC1(C)c2cc(-c3c4ccccc4c(-c4ccccc4-c4ccccc4)c4ccccc34)ccc2-c2c1ccc1ccccc21. The van der Waals surface area contributed by atoms with Gasteiger partial charge in [0.15, 0.2) is 0 Å². The molecular weight excluding hydrogens is 540 g/mol. The summed E-state index contributed by atoms with van der Waals surface area (Å²) in [5, 5.41) is 7.77. The van der Waals surface area contributed by atoms with Crippen LogP contribution in [0, 0.1) is 0 Å². The smallest absolute Gasteiger partial charge is 0.0159 e. The molecule has 0 aromatic heterocycles. The summed E-state index contributed by atoms with van der Waals surface area (Å²) in [5.41, 5.74) is 13.1. The van der Waals surface area contributed by atoms with E-state index in [4.69, 9.17) is 0 Å². The Labute approximate surface area is 264 Å². The van der Waals surface area contributed by atoms with E-state index in [1.54, 1.807) is 0 Å². The van der Waals surface area contributed by atoms with E-state index in [0.29, 0.717) is 0 Å². The Kier molecular flexibility index (Phi) is 5.64. The summed E-state index contributed by atoms with van der Waals surface area (Å²) >= 11 is 0. The molecule has 0 fully saturated rings. The maximum atomic E-state index is 2.48. The number of hydrogen-bond donors (Lipinski definition) is 0. The minimum absolute atomic E-state index is 0.0924. The molecule has 0 radical (unpaired) electrons. The average Bonchev–Trinajstić information content (AvgIpc) is 3.33. The quantitative estimate of drug-likeness (QED) is 0.185. The van der Waals surface area contributed by atoms with Gasteiger partial charge >= 0.3 is 0 Å². The lowest BCUT2D eigenvalue weighted by Crippen LogP contribution is -2.15. The van der Waals surface area contributed by atoms with Crippen LogP contribution >= 0.6 is 0 Å². The van der Waals surface area contributed by atoms with Gasteiger partial charge in [-0.3, -0.25) is 0 Å². The molecule has 0 atom stereocenters. The minimum atomic E-state index is -0.0924. The van der Waals surface area contributed by atoms with Crippen LogP contribution < -0.4 is 0 Å². The van der Waals surface area contributed by atoms with Crippen LogP contribution in [0.2, 0.25) is 0 Å². The molecule has 0 heteroatoms. The molecule has 1 aliphatic carbocycles. The Morgan fingerprint density at radius 1 is 0.333 bits per heavy atom. The molecule has 8 aromatic rings. The van der Waals surface area contributed by atoms with Crippen molar-refractivity contribution in [3.8, 4) is 44.5 Å². The van der Waals surface area contributed by atoms with Crippen molar-refractivity contribution in [2.24, 2.45) is 0 Å². The predicted molar refractivity (Wildman–Crippen MR) is 193 cm³/mol. The molecule has 0 spiro atoms. The normalized spacial score (nSPS) is 13.3. The van der Waals surface area contributed by atoms with Gasteiger partial charge in [0, 0.05) is 5.41 Å². The van der Waals surface area contributed by atoms with Gasteiger partial charge in [-0.2, -0.15) is 0 Å². The molecule has 0 nitrogen and oxygen atoms in total. The highest BCUT2D eigenvalue weighted by molar-refractivity contribution is 6.22. The lowest BCUT2D eigenvalue weighted by Gasteiger charge is -2.23. The van der Waals surface area contributed by atoms with Crippen LogP contribution in [-0.4, -0.2) is 0 Å². The first kappa shape index (κ1) is 26.0. The Balaban J connectivity index is 1.34. The molecule has 0 N–H and O–H groups in total. The zero-order chi connectivity index (χ0) is 30.1. The van der Waals surface area contributed by atoms with Gasteiger partial charge in [0.25, 0.3) is 0 Å². The summed E-state index contributed by atoms with van der Waals surface area (Å²) in [6, 6.07) is 58.3. The second-order valence-corrected chi connectivity index (χ2v) is 12.8. The van der Waals surface area contributed by atoms with Crippen LogP contribution in [0.4, 0.5) is 0 Å². The van der Waals surface area contributed by atoms with Crippen LogP contribution in [0.15, 0.2) is 158 Å². The van der Waals surface area contributed by atoms with E-state index in [-0.39, 0.29) is 5.41 Å². The number of benzene rings is 8. The fourth-order valence-corrected chi connectivity index (χ4v) is 7.96. The minimum Gasteiger partial charge on any atom is -0.0622 e. The molecule has 0 bridgehead atoms. The maximum Gasteiger partial charge on any atom is 0.0159 e. The molecule has 1 aliphatic rings. The Bertz CT molecular complexity index is 2390. The number of rotatable bonds is 3. The van der Waals surface area contributed by atoms with Gasteiger partial charge in [-0.15, -0.1) is 0 Å². The molecule has 0 heterocycles. The molecule has 212 valence electrons. The fourth-order valence-electron chi connectivity index (χ4n) is 7.96. The summed E-state index contributed by atoms with van der Waals surface area (Å²) in [6.45, 7) is 4.77. The Morgan fingerprint density at radius 2 is 0.889 bits per heavy atom. The van der Waals surface area contributed by atoms with Crippen molar-refractivity contribution in [1.29, 1.82) is 0 Å². The van der Waals surface area contributed by atoms with Crippen LogP contribution in [0.5, 0.6) is 0 Å². The van der Waals surface area contributed by atoms with Gasteiger partial charge in [-0.1, -0.05) is 166 Å². The second-order valence-electron chi connectivity index (χ2n) is 12.8. The van der Waals surface area contributed by atoms with Crippen molar-refractivity contribution in [2.45, 2.75) is 19.3 Å². The van der Waals surface area contributed by atoms with Gasteiger partial charge in [0.2, 0.25) is 0 Å². The van der Waals surface area contributed by atoms with Crippen LogP contribution in [0.3, 0.4) is 0 Å². The van der Waals surface area contributed by atoms with Crippen LogP contribution in [0.1, 0.15) is 25.0 Å². The van der Waals surface area contributed by atoms with E-state index in [9.17, 15) is 0 Å². The highest BCUT2D eigenvalue weighted by atomic mass is 14.4. The van der Waals surface area contributed by atoms with Gasteiger partial charge in [0.1, 0.15) is 0 Å². The first-order chi connectivity index (χ1) is 22.1. The van der Waals surface area contributed by atoms with Crippen molar-refractivity contribution < 1.29 is 0 Å². The molecule has 0 aliphatic heterocycles. The van der Waals surface area contributed by atoms with Gasteiger partial charge in [-0.25, -0.2) is 0 Å². The third-order valence-corrected chi connectivity index (χ3v) is 10.1.